The Morgan fingerprint density at radius 2 is 1.83 bits per heavy atom. The van der Waals surface area contributed by atoms with Gasteiger partial charge in [-0.15, -0.1) is 0 Å². The molecule has 3 N–H and O–H groups in total. The number of ether oxygens (including phenoxy) is 2. The lowest BCUT2D eigenvalue weighted by atomic mass is 10.2. The molecule has 1 amide bonds. The van der Waals surface area contributed by atoms with E-state index in [2.05, 4.69) is 10.2 Å². The second-order valence-electron chi connectivity index (χ2n) is 6.43. The fraction of sp³-hybridized carbons (Fsp3) is 0.350. The first kappa shape index (κ1) is 22.7. The number of nitrogens with one attached hydrogen (secondary N) is 1. The largest absolute Gasteiger partial charge is 0.493 e. The third-order valence-corrected chi connectivity index (χ3v) is 5.31. The predicted octanol–water partition coefficient (Wildman–Crippen LogP) is 2.20. The lowest BCUT2D eigenvalue weighted by Crippen LogP contribution is -2.27. The Kier molecular flexibility index (Phi) is 8.00. The molecule has 0 radical (unpaired) electrons. The van der Waals surface area contributed by atoms with Crippen LogP contribution in [0.4, 0.5) is 5.69 Å². The summed E-state index contributed by atoms with van der Waals surface area (Å²) in [5, 5.41) is 7.83. The van der Waals surface area contributed by atoms with Gasteiger partial charge in [0.05, 0.1) is 19.1 Å². The van der Waals surface area contributed by atoms with Gasteiger partial charge in [-0.05, 0) is 42.4 Å². The molecule has 8 nitrogen and oxygen atoms in total. The van der Waals surface area contributed by atoms with Crippen molar-refractivity contribution in [3.63, 3.8) is 0 Å². The molecule has 2 rings (SSSR count). The molecule has 158 valence electrons. The van der Waals surface area contributed by atoms with Crippen LogP contribution in [0, 0.1) is 0 Å². The highest BCUT2D eigenvalue weighted by atomic mass is 32.2. The molecule has 0 atom stereocenters. The number of sulfonamides is 1. The number of hydrogen-bond acceptors (Lipinski definition) is 6. The number of methoxy groups -OCH3 is 2. The SMILES string of the molecule is CCN(CCC(=O)Nc1cccc(S(N)(=O)=O)c1)Cc1ccc(OC)c(OC)c1. The highest BCUT2D eigenvalue weighted by Gasteiger charge is 2.12. The molecule has 0 aromatic heterocycles. The van der Waals surface area contributed by atoms with Gasteiger partial charge >= 0.3 is 0 Å². The van der Waals surface area contributed by atoms with E-state index < -0.39 is 10.0 Å². The van der Waals surface area contributed by atoms with Crippen molar-refractivity contribution in [1.29, 1.82) is 0 Å². The summed E-state index contributed by atoms with van der Waals surface area (Å²) in [5.41, 5.74) is 1.44. The van der Waals surface area contributed by atoms with Crippen molar-refractivity contribution in [2.24, 2.45) is 5.14 Å². The van der Waals surface area contributed by atoms with E-state index in [1.165, 1.54) is 18.2 Å². The van der Waals surface area contributed by atoms with Crippen LogP contribution in [0.1, 0.15) is 18.9 Å². The summed E-state index contributed by atoms with van der Waals surface area (Å²) in [6.45, 7) is 3.99. The minimum atomic E-state index is -3.81. The van der Waals surface area contributed by atoms with Gasteiger partial charge in [-0.25, -0.2) is 13.6 Å². The normalized spacial score (nSPS) is 11.3. The van der Waals surface area contributed by atoms with E-state index in [4.69, 9.17) is 14.6 Å². The quantitative estimate of drug-likeness (QED) is 0.608. The van der Waals surface area contributed by atoms with Gasteiger partial charge in [0.1, 0.15) is 0 Å². The molecule has 0 bridgehead atoms. The molecule has 0 aliphatic rings. The average molecular weight is 422 g/mol. The zero-order chi connectivity index (χ0) is 21.4. The molecular formula is C20H27N3O5S. The van der Waals surface area contributed by atoms with E-state index >= 15 is 0 Å². The molecule has 2 aromatic rings. The van der Waals surface area contributed by atoms with Crippen molar-refractivity contribution in [2.45, 2.75) is 24.8 Å². The van der Waals surface area contributed by atoms with Gasteiger partial charge in [0, 0.05) is 25.2 Å². The van der Waals surface area contributed by atoms with Crippen LogP contribution in [0.25, 0.3) is 0 Å². The summed E-state index contributed by atoms with van der Waals surface area (Å²) in [7, 11) is -0.633. The Labute approximate surface area is 171 Å². The first-order valence-electron chi connectivity index (χ1n) is 9.12. The molecule has 2 aromatic carbocycles. The average Bonchev–Trinajstić information content (AvgIpc) is 2.70. The minimum absolute atomic E-state index is 0.0427. The number of anilines is 1. The molecule has 0 spiro atoms. The van der Waals surface area contributed by atoms with Crippen molar-refractivity contribution in [1.82, 2.24) is 4.90 Å². The second-order valence-corrected chi connectivity index (χ2v) is 7.99. The summed E-state index contributed by atoms with van der Waals surface area (Å²) in [4.78, 5) is 14.4. The van der Waals surface area contributed by atoms with Gasteiger partial charge in [-0.3, -0.25) is 9.69 Å². The monoisotopic (exact) mass is 421 g/mol. The Bertz CT molecular complexity index is 947. The molecular weight excluding hydrogens is 394 g/mol. The van der Waals surface area contributed by atoms with Crippen LogP contribution in [-0.2, 0) is 21.4 Å². The lowest BCUT2D eigenvalue weighted by Gasteiger charge is -2.21. The summed E-state index contributed by atoms with van der Waals surface area (Å²) in [6.07, 6.45) is 0.265. The fourth-order valence-corrected chi connectivity index (χ4v) is 3.38. The topological polar surface area (TPSA) is 111 Å². The highest BCUT2D eigenvalue weighted by molar-refractivity contribution is 7.89. The molecule has 0 fully saturated rings. The summed E-state index contributed by atoms with van der Waals surface area (Å²) in [6, 6.07) is 11.6. The summed E-state index contributed by atoms with van der Waals surface area (Å²) >= 11 is 0. The van der Waals surface area contributed by atoms with Crippen molar-refractivity contribution in [2.75, 3.05) is 32.6 Å². The Morgan fingerprint density at radius 3 is 2.45 bits per heavy atom. The number of primary sulfonamides is 1. The maximum absolute atomic E-state index is 12.3. The third-order valence-electron chi connectivity index (χ3n) is 4.40. The molecule has 0 aliphatic carbocycles. The molecule has 29 heavy (non-hydrogen) atoms. The molecule has 9 heteroatoms. The Balaban J connectivity index is 1.94. The maximum atomic E-state index is 12.3. The van der Waals surface area contributed by atoms with Gasteiger partial charge in [0.2, 0.25) is 15.9 Å². The number of rotatable bonds is 10. The number of nitrogens with zero attached hydrogens (tertiary/aromatic N) is 1. The zero-order valence-corrected chi connectivity index (χ0v) is 17.7. The zero-order valence-electron chi connectivity index (χ0n) is 16.8. The van der Waals surface area contributed by atoms with E-state index in [0.717, 1.165) is 12.1 Å². The van der Waals surface area contributed by atoms with E-state index in [0.29, 0.717) is 30.3 Å². The van der Waals surface area contributed by atoms with E-state index in [-0.39, 0.29) is 17.2 Å². The molecule has 0 aliphatic heterocycles. The number of nitrogens with two attached hydrogens (primary N) is 1. The second kappa shape index (κ2) is 10.2. The van der Waals surface area contributed by atoms with Gasteiger partial charge in [-0.2, -0.15) is 0 Å². The number of hydrogen-bond donors (Lipinski definition) is 2. The number of benzene rings is 2. The van der Waals surface area contributed by atoms with Gasteiger partial charge < -0.3 is 14.8 Å². The van der Waals surface area contributed by atoms with Crippen LogP contribution in [0.2, 0.25) is 0 Å². The molecule has 0 saturated carbocycles. The van der Waals surface area contributed by atoms with Crippen molar-refractivity contribution < 1.29 is 22.7 Å². The van der Waals surface area contributed by atoms with E-state index in [1.54, 1.807) is 20.3 Å². The Morgan fingerprint density at radius 1 is 1.10 bits per heavy atom. The smallest absolute Gasteiger partial charge is 0.238 e. The molecule has 0 unspecified atom stereocenters. The number of carbonyl (C=O) groups is 1. The standard InChI is InChI=1S/C20H27N3O5S/c1-4-23(14-15-8-9-18(27-2)19(12-15)28-3)11-10-20(24)22-16-6-5-7-17(13-16)29(21,25)26/h5-9,12-13H,4,10-11,14H2,1-3H3,(H,22,24)(H2,21,25,26). The number of carbonyl (C=O) groups excluding carboxylic acids is 1. The van der Waals surface area contributed by atoms with Crippen LogP contribution in [-0.4, -0.2) is 46.5 Å². The van der Waals surface area contributed by atoms with Gasteiger partial charge in [0.15, 0.2) is 11.5 Å². The highest BCUT2D eigenvalue weighted by Crippen LogP contribution is 2.28. The van der Waals surface area contributed by atoms with Gasteiger partial charge in [0.25, 0.3) is 0 Å². The van der Waals surface area contributed by atoms with Crippen molar-refractivity contribution in [3.8, 4) is 11.5 Å². The lowest BCUT2D eigenvalue weighted by molar-refractivity contribution is -0.116. The van der Waals surface area contributed by atoms with Crippen LogP contribution in [0.5, 0.6) is 11.5 Å². The van der Waals surface area contributed by atoms with Crippen molar-refractivity contribution >= 4 is 21.6 Å². The van der Waals surface area contributed by atoms with Crippen molar-refractivity contribution in [3.05, 3.63) is 48.0 Å². The third kappa shape index (κ3) is 6.74. The number of amides is 1. The summed E-state index contributed by atoms with van der Waals surface area (Å²) in [5.74, 6) is 1.12. The van der Waals surface area contributed by atoms with Crippen LogP contribution in [0.15, 0.2) is 47.4 Å². The summed E-state index contributed by atoms with van der Waals surface area (Å²) < 4.78 is 33.4. The van der Waals surface area contributed by atoms with Crippen LogP contribution >= 0.6 is 0 Å². The van der Waals surface area contributed by atoms with E-state index in [1.807, 2.05) is 25.1 Å². The fourth-order valence-electron chi connectivity index (χ4n) is 2.82. The first-order chi connectivity index (χ1) is 13.8. The molecule has 0 saturated heterocycles. The van der Waals surface area contributed by atoms with E-state index in [9.17, 15) is 13.2 Å². The van der Waals surface area contributed by atoms with Gasteiger partial charge in [-0.1, -0.05) is 19.1 Å². The van der Waals surface area contributed by atoms with Crippen LogP contribution in [0.3, 0.4) is 0 Å². The Hall–Kier alpha value is -2.62. The van der Waals surface area contributed by atoms with Crippen LogP contribution < -0.4 is 19.9 Å². The minimum Gasteiger partial charge on any atom is -0.493 e. The molecule has 0 heterocycles. The first-order valence-corrected chi connectivity index (χ1v) is 10.7. The maximum Gasteiger partial charge on any atom is 0.238 e. The predicted molar refractivity (Wildman–Crippen MR) is 112 cm³/mol.